The zero-order valence-corrected chi connectivity index (χ0v) is 8.84. The monoisotopic (exact) mass is 212 g/mol. The van der Waals surface area contributed by atoms with Crippen LogP contribution >= 0.6 is 0 Å². The van der Waals surface area contributed by atoms with Crippen LogP contribution in [-0.4, -0.2) is 23.8 Å². The Morgan fingerprint density at radius 2 is 2.27 bits per heavy atom. The van der Waals surface area contributed by atoms with Gasteiger partial charge in [-0.3, -0.25) is 19.7 Å². The summed E-state index contributed by atoms with van der Waals surface area (Å²) in [6.07, 6.45) is 2.91. The first-order valence-corrected chi connectivity index (χ1v) is 5.26. The van der Waals surface area contributed by atoms with Crippen LogP contribution in [0.2, 0.25) is 0 Å². The summed E-state index contributed by atoms with van der Waals surface area (Å²) in [6, 6.07) is -0.535. The van der Waals surface area contributed by atoms with Crippen molar-refractivity contribution in [1.29, 1.82) is 0 Å². The van der Waals surface area contributed by atoms with E-state index in [9.17, 15) is 14.4 Å². The molecule has 0 aromatic carbocycles. The normalized spacial score (nSPS) is 21.0. The van der Waals surface area contributed by atoms with E-state index in [1.807, 2.05) is 6.92 Å². The Morgan fingerprint density at radius 3 is 2.87 bits per heavy atom. The van der Waals surface area contributed by atoms with Gasteiger partial charge in [-0.05, 0) is 12.8 Å². The molecule has 1 heterocycles. The van der Waals surface area contributed by atoms with E-state index in [2.05, 4.69) is 10.6 Å². The molecule has 0 unspecified atom stereocenters. The van der Waals surface area contributed by atoms with Crippen molar-refractivity contribution >= 4 is 17.7 Å². The minimum atomic E-state index is -0.535. The standard InChI is InChI=1S/C10H16N2O3/c1-2-3-4-8(13)11-7-5-6-9(14)12-10(7)15/h7H,2-6H2,1H3,(H,11,13)(H,12,14,15)/t7-/m0/s1. The molecular formula is C10H16N2O3. The van der Waals surface area contributed by atoms with E-state index in [1.54, 1.807) is 0 Å². The molecule has 1 aliphatic rings. The number of unbranched alkanes of at least 4 members (excludes halogenated alkanes) is 1. The van der Waals surface area contributed by atoms with Crippen molar-refractivity contribution in [3.8, 4) is 0 Å². The fourth-order valence-corrected chi connectivity index (χ4v) is 1.44. The van der Waals surface area contributed by atoms with Crippen molar-refractivity contribution in [2.75, 3.05) is 0 Å². The van der Waals surface area contributed by atoms with Crippen molar-refractivity contribution in [3.05, 3.63) is 0 Å². The SMILES string of the molecule is CCCCC(=O)N[C@H]1CCC(=O)NC1=O. The Kier molecular flexibility index (Phi) is 4.27. The molecule has 0 aromatic rings. The van der Waals surface area contributed by atoms with E-state index in [0.29, 0.717) is 19.3 Å². The maximum absolute atomic E-state index is 11.3. The van der Waals surface area contributed by atoms with Gasteiger partial charge in [0.05, 0.1) is 0 Å². The summed E-state index contributed by atoms with van der Waals surface area (Å²) < 4.78 is 0. The summed E-state index contributed by atoms with van der Waals surface area (Å²) in [5, 5.41) is 4.82. The highest BCUT2D eigenvalue weighted by Gasteiger charge is 2.27. The van der Waals surface area contributed by atoms with Gasteiger partial charge in [-0.25, -0.2) is 0 Å². The van der Waals surface area contributed by atoms with E-state index in [4.69, 9.17) is 0 Å². The van der Waals surface area contributed by atoms with Gasteiger partial charge in [0.15, 0.2) is 0 Å². The Bertz CT molecular complexity index is 276. The van der Waals surface area contributed by atoms with Crippen LogP contribution in [0.15, 0.2) is 0 Å². The van der Waals surface area contributed by atoms with Crippen LogP contribution in [0, 0.1) is 0 Å². The summed E-state index contributed by atoms with van der Waals surface area (Å²) >= 11 is 0. The second-order valence-electron chi connectivity index (χ2n) is 3.67. The average Bonchev–Trinajstić information content (AvgIpc) is 2.19. The number of amides is 3. The zero-order valence-electron chi connectivity index (χ0n) is 8.84. The van der Waals surface area contributed by atoms with Gasteiger partial charge in [-0.2, -0.15) is 0 Å². The summed E-state index contributed by atoms with van der Waals surface area (Å²) in [5.41, 5.74) is 0. The maximum Gasteiger partial charge on any atom is 0.249 e. The summed E-state index contributed by atoms with van der Waals surface area (Å²) in [4.78, 5) is 33.4. The topological polar surface area (TPSA) is 75.3 Å². The molecule has 1 aliphatic heterocycles. The van der Waals surface area contributed by atoms with Crippen LogP contribution in [0.1, 0.15) is 39.0 Å². The van der Waals surface area contributed by atoms with Crippen LogP contribution in [0.25, 0.3) is 0 Å². The maximum atomic E-state index is 11.3. The van der Waals surface area contributed by atoms with E-state index in [0.717, 1.165) is 12.8 Å². The minimum Gasteiger partial charge on any atom is -0.344 e. The number of rotatable bonds is 4. The Morgan fingerprint density at radius 1 is 1.53 bits per heavy atom. The molecule has 0 aliphatic carbocycles. The number of hydrogen-bond acceptors (Lipinski definition) is 3. The van der Waals surface area contributed by atoms with Gasteiger partial charge < -0.3 is 5.32 Å². The molecule has 0 radical (unpaired) electrons. The number of imide groups is 1. The second-order valence-corrected chi connectivity index (χ2v) is 3.67. The summed E-state index contributed by atoms with van der Waals surface area (Å²) in [6.45, 7) is 2.00. The fraction of sp³-hybridized carbons (Fsp3) is 0.700. The minimum absolute atomic E-state index is 0.119. The Hall–Kier alpha value is -1.39. The van der Waals surface area contributed by atoms with Gasteiger partial charge in [0, 0.05) is 12.8 Å². The van der Waals surface area contributed by atoms with Crippen molar-refractivity contribution in [2.24, 2.45) is 0 Å². The lowest BCUT2D eigenvalue weighted by molar-refractivity contribution is -0.137. The van der Waals surface area contributed by atoms with E-state index >= 15 is 0 Å². The van der Waals surface area contributed by atoms with Crippen molar-refractivity contribution in [1.82, 2.24) is 10.6 Å². The lowest BCUT2D eigenvalue weighted by Gasteiger charge is -2.21. The molecule has 3 amide bonds. The molecule has 0 saturated carbocycles. The molecule has 5 heteroatoms. The third kappa shape index (κ3) is 3.69. The second kappa shape index (κ2) is 5.48. The van der Waals surface area contributed by atoms with Gasteiger partial charge in [-0.15, -0.1) is 0 Å². The van der Waals surface area contributed by atoms with Crippen molar-refractivity contribution in [3.63, 3.8) is 0 Å². The van der Waals surface area contributed by atoms with Crippen LogP contribution in [0.3, 0.4) is 0 Å². The van der Waals surface area contributed by atoms with E-state index < -0.39 is 11.9 Å². The fourth-order valence-electron chi connectivity index (χ4n) is 1.44. The predicted molar refractivity (Wildman–Crippen MR) is 53.8 cm³/mol. The van der Waals surface area contributed by atoms with Crippen molar-refractivity contribution < 1.29 is 14.4 Å². The van der Waals surface area contributed by atoms with Crippen LogP contribution in [0.5, 0.6) is 0 Å². The zero-order chi connectivity index (χ0) is 11.3. The molecule has 84 valence electrons. The third-order valence-corrected chi connectivity index (χ3v) is 2.33. The molecule has 0 spiro atoms. The highest BCUT2D eigenvalue weighted by molar-refractivity contribution is 6.01. The molecular weight excluding hydrogens is 196 g/mol. The number of carbonyl (C=O) groups excluding carboxylic acids is 3. The summed E-state index contributed by atoms with van der Waals surface area (Å²) in [7, 11) is 0. The van der Waals surface area contributed by atoms with Gasteiger partial charge in [-0.1, -0.05) is 13.3 Å². The first kappa shape index (κ1) is 11.7. The molecule has 0 bridgehead atoms. The number of piperidine rings is 1. The first-order valence-electron chi connectivity index (χ1n) is 5.26. The molecule has 0 aromatic heterocycles. The predicted octanol–water partition coefficient (Wildman–Crippen LogP) is 0.0980. The molecule has 1 rings (SSSR count). The van der Waals surface area contributed by atoms with Gasteiger partial charge in [0.2, 0.25) is 17.7 Å². The lowest BCUT2D eigenvalue weighted by atomic mass is 10.1. The smallest absolute Gasteiger partial charge is 0.249 e. The molecule has 15 heavy (non-hydrogen) atoms. The van der Waals surface area contributed by atoms with Gasteiger partial charge >= 0.3 is 0 Å². The largest absolute Gasteiger partial charge is 0.344 e. The lowest BCUT2D eigenvalue weighted by Crippen LogP contribution is -2.52. The van der Waals surface area contributed by atoms with E-state index in [-0.39, 0.29) is 11.8 Å². The Labute approximate surface area is 88.6 Å². The van der Waals surface area contributed by atoms with Crippen molar-refractivity contribution in [2.45, 2.75) is 45.1 Å². The molecule has 1 atom stereocenters. The highest BCUT2D eigenvalue weighted by atomic mass is 16.2. The molecule has 2 N–H and O–H groups in total. The molecule has 1 saturated heterocycles. The first-order chi connectivity index (χ1) is 7.13. The number of carbonyl (C=O) groups is 3. The third-order valence-electron chi connectivity index (χ3n) is 2.33. The number of nitrogens with one attached hydrogen (secondary N) is 2. The van der Waals surface area contributed by atoms with Crippen LogP contribution < -0.4 is 10.6 Å². The Balaban J connectivity index is 2.34. The molecule has 1 fully saturated rings. The van der Waals surface area contributed by atoms with E-state index in [1.165, 1.54) is 0 Å². The quantitative estimate of drug-likeness (QED) is 0.649. The highest BCUT2D eigenvalue weighted by Crippen LogP contribution is 2.05. The van der Waals surface area contributed by atoms with Crippen LogP contribution in [-0.2, 0) is 14.4 Å². The van der Waals surface area contributed by atoms with Gasteiger partial charge in [0.1, 0.15) is 6.04 Å². The van der Waals surface area contributed by atoms with Crippen LogP contribution in [0.4, 0.5) is 0 Å². The van der Waals surface area contributed by atoms with Gasteiger partial charge in [0.25, 0.3) is 0 Å². The number of hydrogen-bond donors (Lipinski definition) is 2. The average molecular weight is 212 g/mol. The molecule has 5 nitrogen and oxygen atoms in total. The summed E-state index contributed by atoms with van der Waals surface area (Å²) in [5.74, 6) is -0.776.